The predicted molar refractivity (Wildman–Crippen MR) is 79.9 cm³/mol. The Kier molecular flexibility index (Phi) is 4.83. The van der Waals surface area contributed by atoms with Crippen LogP contribution in [-0.2, 0) is 0 Å². The van der Waals surface area contributed by atoms with Gasteiger partial charge in [-0.25, -0.2) is 0 Å². The topological polar surface area (TPSA) is 38.5 Å². The van der Waals surface area contributed by atoms with Crippen molar-refractivity contribution in [3.63, 3.8) is 0 Å². The number of piperidine rings is 1. The number of likely N-dealkylation sites (tertiary alicyclic amines) is 1. The second-order valence-electron chi connectivity index (χ2n) is 5.58. The number of rotatable bonds is 4. The summed E-state index contributed by atoms with van der Waals surface area (Å²) in [7, 11) is 1.74. The van der Waals surface area contributed by atoms with Gasteiger partial charge >= 0.3 is 0 Å². The van der Waals surface area contributed by atoms with Gasteiger partial charge in [-0.15, -0.1) is 0 Å². The number of hydrogen-bond acceptors (Lipinski definition) is 3. The third-order valence-electron chi connectivity index (χ3n) is 4.26. The molecule has 1 aromatic rings. The lowest BCUT2D eigenvalue weighted by molar-refractivity contribution is 0.217. The van der Waals surface area contributed by atoms with Gasteiger partial charge < -0.3 is 15.4 Å². The lowest BCUT2D eigenvalue weighted by Gasteiger charge is -2.32. The summed E-state index contributed by atoms with van der Waals surface area (Å²) in [5, 5.41) is 0. The zero-order valence-corrected chi connectivity index (χ0v) is 12.4. The smallest absolute Gasteiger partial charge is 0.122 e. The molecular weight excluding hydrogens is 236 g/mol. The molecule has 0 atom stereocenters. The summed E-state index contributed by atoms with van der Waals surface area (Å²) in [6, 6.07) is 4.49. The van der Waals surface area contributed by atoms with Crippen LogP contribution in [0, 0.1) is 13.8 Å². The highest BCUT2D eigenvalue weighted by Crippen LogP contribution is 2.33. The molecule has 3 heteroatoms. The van der Waals surface area contributed by atoms with Gasteiger partial charge in [-0.3, -0.25) is 0 Å². The molecule has 0 aliphatic carbocycles. The molecule has 0 bridgehead atoms. The van der Waals surface area contributed by atoms with Crippen molar-refractivity contribution in [1.29, 1.82) is 0 Å². The Morgan fingerprint density at radius 2 is 1.89 bits per heavy atom. The first-order chi connectivity index (χ1) is 9.15. The molecule has 19 heavy (non-hydrogen) atoms. The number of benzene rings is 1. The van der Waals surface area contributed by atoms with Gasteiger partial charge in [0.05, 0.1) is 7.11 Å². The monoisotopic (exact) mass is 262 g/mol. The van der Waals surface area contributed by atoms with E-state index in [-0.39, 0.29) is 0 Å². The Labute approximate surface area is 116 Å². The number of aryl methyl sites for hydroxylation is 2. The van der Waals surface area contributed by atoms with Crippen LogP contribution in [0.5, 0.6) is 5.75 Å². The van der Waals surface area contributed by atoms with Crippen molar-refractivity contribution >= 4 is 0 Å². The van der Waals surface area contributed by atoms with E-state index in [2.05, 4.69) is 30.9 Å². The maximum Gasteiger partial charge on any atom is 0.122 e. The molecule has 1 heterocycles. The van der Waals surface area contributed by atoms with Crippen molar-refractivity contribution in [3.8, 4) is 5.75 Å². The first-order valence-electron chi connectivity index (χ1n) is 7.23. The summed E-state index contributed by atoms with van der Waals surface area (Å²) < 4.78 is 5.40. The highest BCUT2D eigenvalue weighted by molar-refractivity contribution is 5.43. The summed E-state index contributed by atoms with van der Waals surface area (Å²) >= 11 is 0. The fourth-order valence-corrected chi connectivity index (χ4v) is 3.12. The van der Waals surface area contributed by atoms with Crippen LogP contribution < -0.4 is 10.5 Å². The van der Waals surface area contributed by atoms with Crippen molar-refractivity contribution in [1.82, 2.24) is 4.90 Å². The van der Waals surface area contributed by atoms with Crippen molar-refractivity contribution in [3.05, 3.63) is 28.8 Å². The van der Waals surface area contributed by atoms with Crippen LogP contribution in [0.3, 0.4) is 0 Å². The van der Waals surface area contributed by atoms with Crippen LogP contribution in [0.2, 0.25) is 0 Å². The van der Waals surface area contributed by atoms with Gasteiger partial charge in [0.25, 0.3) is 0 Å². The zero-order valence-electron chi connectivity index (χ0n) is 12.4. The highest BCUT2D eigenvalue weighted by atomic mass is 16.5. The molecule has 1 aliphatic heterocycles. The molecule has 0 saturated carbocycles. The van der Waals surface area contributed by atoms with Crippen LogP contribution in [0.1, 0.15) is 35.4 Å². The van der Waals surface area contributed by atoms with E-state index < -0.39 is 0 Å². The van der Waals surface area contributed by atoms with Gasteiger partial charge in [-0.05, 0) is 68.5 Å². The average molecular weight is 262 g/mol. The standard InChI is InChI=1S/C16H26N2O/c1-12-11-16(19-3)13(2)10-15(12)14-4-7-18(8-5-14)9-6-17/h10-11,14H,4-9,17H2,1-3H3. The summed E-state index contributed by atoms with van der Waals surface area (Å²) in [5.74, 6) is 1.69. The van der Waals surface area contributed by atoms with Crippen LogP contribution in [0.4, 0.5) is 0 Å². The minimum Gasteiger partial charge on any atom is -0.496 e. The number of hydrogen-bond donors (Lipinski definition) is 1. The SMILES string of the molecule is COc1cc(C)c(C2CCN(CCN)CC2)cc1C. The quantitative estimate of drug-likeness (QED) is 0.906. The molecule has 106 valence electrons. The van der Waals surface area contributed by atoms with Crippen LogP contribution in [0.15, 0.2) is 12.1 Å². The maximum absolute atomic E-state index is 5.63. The zero-order chi connectivity index (χ0) is 13.8. The molecule has 1 aliphatic rings. The van der Waals surface area contributed by atoms with Gasteiger partial charge in [0.15, 0.2) is 0 Å². The fraction of sp³-hybridized carbons (Fsp3) is 0.625. The Bertz CT molecular complexity index is 423. The largest absolute Gasteiger partial charge is 0.496 e. The molecule has 0 aromatic heterocycles. The molecule has 0 unspecified atom stereocenters. The van der Waals surface area contributed by atoms with E-state index in [1.165, 1.54) is 42.6 Å². The molecule has 2 rings (SSSR count). The number of ether oxygens (including phenoxy) is 1. The van der Waals surface area contributed by atoms with E-state index in [1.54, 1.807) is 7.11 Å². The number of nitrogens with two attached hydrogens (primary N) is 1. The molecule has 1 aromatic carbocycles. The van der Waals surface area contributed by atoms with E-state index >= 15 is 0 Å². The van der Waals surface area contributed by atoms with Crippen molar-refractivity contribution < 1.29 is 4.74 Å². The van der Waals surface area contributed by atoms with Crippen molar-refractivity contribution in [2.75, 3.05) is 33.3 Å². The predicted octanol–water partition coefficient (Wildman–Crippen LogP) is 2.45. The Morgan fingerprint density at radius 1 is 1.21 bits per heavy atom. The van der Waals surface area contributed by atoms with Crippen molar-refractivity contribution in [2.45, 2.75) is 32.6 Å². The van der Waals surface area contributed by atoms with Gasteiger partial charge in [0, 0.05) is 13.1 Å². The minimum atomic E-state index is 0.693. The van der Waals surface area contributed by atoms with E-state index in [0.717, 1.165) is 18.8 Å². The Balaban J connectivity index is 2.09. The second-order valence-corrected chi connectivity index (χ2v) is 5.58. The third kappa shape index (κ3) is 3.28. The summed E-state index contributed by atoms with van der Waals surface area (Å²) in [6.45, 7) is 8.48. The fourth-order valence-electron chi connectivity index (χ4n) is 3.12. The normalized spacial score (nSPS) is 17.7. The van der Waals surface area contributed by atoms with Gasteiger partial charge in [0.2, 0.25) is 0 Å². The average Bonchev–Trinajstić information content (AvgIpc) is 2.42. The van der Waals surface area contributed by atoms with Gasteiger partial charge in [-0.2, -0.15) is 0 Å². The molecule has 2 N–H and O–H groups in total. The first kappa shape index (κ1) is 14.4. The molecule has 0 spiro atoms. The summed E-state index contributed by atoms with van der Waals surface area (Å²) in [6.07, 6.45) is 2.49. The lowest BCUT2D eigenvalue weighted by atomic mass is 9.86. The van der Waals surface area contributed by atoms with Crippen LogP contribution in [-0.4, -0.2) is 38.2 Å². The Hall–Kier alpha value is -1.06. The molecule has 0 radical (unpaired) electrons. The number of nitrogens with zero attached hydrogens (tertiary/aromatic N) is 1. The van der Waals surface area contributed by atoms with Gasteiger partial charge in [0.1, 0.15) is 5.75 Å². The molecule has 1 saturated heterocycles. The van der Waals surface area contributed by atoms with E-state index in [4.69, 9.17) is 10.5 Å². The van der Waals surface area contributed by atoms with E-state index in [9.17, 15) is 0 Å². The maximum atomic E-state index is 5.63. The molecular formula is C16H26N2O. The van der Waals surface area contributed by atoms with E-state index in [1.807, 2.05) is 0 Å². The third-order valence-corrected chi connectivity index (χ3v) is 4.26. The number of methoxy groups -OCH3 is 1. The second kappa shape index (κ2) is 6.40. The highest BCUT2D eigenvalue weighted by Gasteiger charge is 2.22. The lowest BCUT2D eigenvalue weighted by Crippen LogP contribution is -2.36. The van der Waals surface area contributed by atoms with Crippen LogP contribution in [0.25, 0.3) is 0 Å². The molecule has 1 fully saturated rings. The van der Waals surface area contributed by atoms with Crippen molar-refractivity contribution in [2.24, 2.45) is 5.73 Å². The molecule has 3 nitrogen and oxygen atoms in total. The summed E-state index contributed by atoms with van der Waals surface area (Å²) in [4.78, 5) is 2.47. The minimum absolute atomic E-state index is 0.693. The van der Waals surface area contributed by atoms with E-state index in [0.29, 0.717) is 5.92 Å². The first-order valence-corrected chi connectivity index (χ1v) is 7.23. The Morgan fingerprint density at radius 3 is 2.47 bits per heavy atom. The van der Waals surface area contributed by atoms with Gasteiger partial charge in [-0.1, -0.05) is 6.07 Å². The summed E-state index contributed by atoms with van der Waals surface area (Å²) in [5.41, 5.74) is 9.73. The molecule has 0 amide bonds. The van der Waals surface area contributed by atoms with Crippen LogP contribution >= 0.6 is 0 Å².